The molecule has 4 aromatic rings. The molecule has 6 N–H and O–H groups in total. The van der Waals surface area contributed by atoms with Crippen LogP contribution in [-0.4, -0.2) is 42.3 Å². The van der Waals surface area contributed by atoms with Crippen molar-refractivity contribution in [2.45, 2.75) is 18.9 Å². The molecule has 9 heteroatoms. The van der Waals surface area contributed by atoms with Crippen LogP contribution in [0.1, 0.15) is 17.0 Å². The molecule has 1 aromatic carbocycles. The van der Waals surface area contributed by atoms with Gasteiger partial charge in [-0.25, -0.2) is 0 Å². The van der Waals surface area contributed by atoms with Crippen LogP contribution in [0.3, 0.4) is 0 Å². The molecule has 4 rings (SSSR count). The molecule has 142 valence electrons. The zero-order valence-corrected chi connectivity index (χ0v) is 14.8. The molecule has 0 aliphatic carbocycles. The molecule has 1 atom stereocenters. The van der Waals surface area contributed by atoms with E-state index in [1.165, 1.54) is 6.20 Å². The Morgan fingerprint density at radius 2 is 2.00 bits per heavy atom. The highest BCUT2D eigenvalue weighted by atomic mass is 16.4. The second-order valence-electron chi connectivity index (χ2n) is 6.46. The Bertz CT molecular complexity index is 1210. The predicted octanol–water partition coefficient (Wildman–Crippen LogP) is 1.19. The van der Waals surface area contributed by atoms with E-state index in [0.717, 1.165) is 22.2 Å². The third kappa shape index (κ3) is 3.19. The number of nitrogens with two attached hydrogens (primary N) is 1. The van der Waals surface area contributed by atoms with E-state index < -0.39 is 12.0 Å². The molecule has 0 saturated carbocycles. The van der Waals surface area contributed by atoms with Crippen LogP contribution in [0.4, 0.5) is 0 Å². The lowest BCUT2D eigenvalue weighted by molar-refractivity contribution is -0.138. The monoisotopic (exact) mass is 378 g/mol. The Balaban J connectivity index is 1.80. The molecule has 1 unspecified atom stereocenters. The molecule has 0 saturated heterocycles. The van der Waals surface area contributed by atoms with Gasteiger partial charge in [0.25, 0.3) is 5.56 Å². The van der Waals surface area contributed by atoms with Gasteiger partial charge in [0.1, 0.15) is 6.04 Å². The molecule has 0 spiro atoms. The number of carboxylic acid groups (broad SMARTS) is 1. The third-order valence-corrected chi connectivity index (χ3v) is 4.66. The number of aromatic amines is 3. The number of hydrogen-bond acceptors (Lipinski definition) is 5. The highest BCUT2D eigenvalue weighted by Gasteiger charge is 2.21. The molecule has 0 aliphatic rings. The molecular weight excluding hydrogens is 360 g/mol. The highest BCUT2D eigenvalue weighted by Crippen LogP contribution is 2.27. The summed E-state index contributed by atoms with van der Waals surface area (Å²) in [5.41, 5.74) is 9.48. The maximum absolute atomic E-state index is 12.0. The Labute approximate surface area is 158 Å². The highest BCUT2D eigenvalue weighted by molar-refractivity contribution is 5.86. The molecule has 0 aliphatic heterocycles. The van der Waals surface area contributed by atoms with Gasteiger partial charge in [-0.2, -0.15) is 0 Å². The first kappa shape index (κ1) is 17.7. The first-order chi connectivity index (χ1) is 13.5. The largest absolute Gasteiger partial charge is 0.480 e. The van der Waals surface area contributed by atoms with Crippen molar-refractivity contribution in [3.8, 4) is 11.3 Å². The molecule has 3 aromatic heterocycles. The van der Waals surface area contributed by atoms with Crippen LogP contribution in [0, 0.1) is 0 Å². The van der Waals surface area contributed by atoms with Crippen LogP contribution < -0.4 is 11.3 Å². The van der Waals surface area contributed by atoms with E-state index in [9.17, 15) is 14.7 Å². The summed E-state index contributed by atoms with van der Waals surface area (Å²) in [4.78, 5) is 35.3. The molecule has 3 heterocycles. The number of aliphatic carboxylic acids is 1. The molecule has 0 radical (unpaired) electrons. The zero-order valence-electron chi connectivity index (χ0n) is 14.8. The second kappa shape index (κ2) is 7.12. The van der Waals surface area contributed by atoms with Crippen LogP contribution in [0.5, 0.6) is 0 Å². The van der Waals surface area contributed by atoms with Crippen molar-refractivity contribution in [2.24, 2.45) is 5.73 Å². The normalized spacial score (nSPS) is 12.3. The van der Waals surface area contributed by atoms with E-state index in [-0.39, 0.29) is 12.0 Å². The van der Waals surface area contributed by atoms with Gasteiger partial charge in [-0.15, -0.1) is 0 Å². The Morgan fingerprint density at radius 1 is 1.21 bits per heavy atom. The number of hydrogen-bond donors (Lipinski definition) is 5. The number of nitrogens with zero attached hydrogens (tertiary/aromatic N) is 2. The number of H-pyrrole nitrogens is 3. The maximum atomic E-state index is 12.0. The molecular formula is C19H18N6O3. The van der Waals surface area contributed by atoms with Gasteiger partial charge in [0.2, 0.25) is 0 Å². The number of para-hydroxylation sites is 1. The van der Waals surface area contributed by atoms with Crippen molar-refractivity contribution >= 4 is 16.9 Å². The third-order valence-electron chi connectivity index (χ3n) is 4.66. The van der Waals surface area contributed by atoms with Crippen molar-refractivity contribution in [3.05, 3.63) is 70.2 Å². The first-order valence-corrected chi connectivity index (χ1v) is 8.67. The zero-order chi connectivity index (χ0) is 19.7. The molecule has 0 fully saturated rings. The SMILES string of the molecule is NC(Cc1c(Cc2nccnc2-c2c[nH][nH]c2=O)[nH]c2ccccc12)C(=O)O. The lowest BCUT2D eigenvalue weighted by atomic mass is 9.99. The van der Waals surface area contributed by atoms with Crippen molar-refractivity contribution in [1.29, 1.82) is 0 Å². The summed E-state index contributed by atoms with van der Waals surface area (Å²) in [6.45, 7) is 0. The summed E-state index contributed by atoms with van der Waals surface area (Å²) in [6.07, 6.45) is 5.16. The average Bonchev–Trinajstić information content (AvgIpc) is 3.26. The van der Waals surface area contributed by atoms with E-state index in [1.54, 1.807) is 12.4 Å². The average molecular weight is 378 g/mol. The standard InChI is InChI=1S/C19H18N6O3/c20-13(19(27)28)7-11-10-3-1-2-4-14(10)24-15(11)8-16-17(22-6-5-21-16)12-9-23-25-18(12)26/h1-6,9,13,24H,7-8,20H2,(H,27,28)(H2,23,25,26). The fourth-order valence-electron chi connectivity index (χ4n) is 3.32. The number of rotatable bonds is 6. The number of carboxylic acids is 1. The number of benzene rings is 1. The second-order valence-corrected chi connectivity index (χ2v) is 6.46. The Kier molecular flexibility index (Phi) is 4.50. The minimum Gasteiger partial charge on any atom is -0.480 e. The molecule has 0 amide bonds. The van der Waals surface area contributed by atoms with E-state index in [0.29, 0.717) is 23.4 Å². The summed E-state index contributed by atoms with van der Waals surface area (Å²) in [6, 6.07) is 6.61. The van der Waals surface area contributed by atoms with E-state index in [4.69, 9.17) is 5.73 Å². The number of aromatic nitrogens is 5. The van der Waals surface area contributed by atoms with E-state index in [2.05, 4.69) is 25.1 Å². The van der Waals surface area contributed by atoms with Crippen molar-refractivity contribution in [1.82, 2.24) is 25.1 Å². The quantitative estimate of drug-likeness (QED) is 0.339. The maximum Gasteiger partial charge on any atom is 0.320 e. The molecule has 9 nitrogen and oxygen atoms in total. The summed E-state index contributed by atoms with van der Waals surface area (Å²) < 4.78 is 0. The lowest BCUT2D eigenvalue weighted by Gasteiger charge is -2.10. The summed E-state index contributed by atoms with van der Waals surface area (Å²) in [5, 5.41) is 15.3. The number of fused-ring (bicyclic) bond motifs is 1. The van der Waals surface area contributed by atoms with Crippen molar-refractivity contribution in [3.63, 3.8) is 0 Å². The van der Waals surface area contributed by atoms with Crippen LogP contribution in [0.25, 0.3) is 22.2 Å². The van der Waals surface area contributed by atoms with E-state index >= 15 is 0 Å². The van der Waals surface area contributed by atoms with Crippen LogP contribution in [-0.2, 0) is 17.6 Å². The summed E-state index contributed by atoms with van der Waals surface area (Å²) in [5.74, 6) is -1.06. The van der Waals surface area contributed by atoms with Gasteiger partial charge >= 0.3 is 5.97 Å². The van der Waals surface area contributed by atoms with Gasteiger partial charge in [0, 0.05) is 48.0 Å². The van der Waals surface area contributed by atoms with Crippen LogP contribution in [0.15, 0.2) is 47.7 Å². The first-order valence-electron chi connectivity index (χ1n) is 8.67. The van der Waals surface area contributed by atoms with E-state index in [1.807, 2.05) is 24.3 Å². The fraction of sp³-hybridized carbons (Fsp3) is 0.158. The Morgan fingerprint density at radius 3 is 2.75 bits per heavy atom. The summed E-state index contributed by atoms with van der Waals surface area (Å²) >= 11 is 0. The number of carbonyl (C=O) groups is 1. The van der Waals surface area contributed by atoms with Crippen molar-refractivity contribution in [2.75, 3.05) is 0 Å². The van der Waals surface area contributed by atoms with Gasteiger partial charge in [-0.05, 0) is 11.6 Å². The lowest BCUT2D eigenvalue weighted by Crippen LogP contribution is -2.32. The fourth-order valence-corrected chi connectivity index (χ4v) is 3.32. The van der Waals surface area contributed by atoms with Crippen LogP contribution in [0.2, 0.25) is 0 Å². The smallest absolute Gasteiger partial charge is 0.320 e. The topological polar surface area (TPSA) is 154 Å². The van der Waals surface area contributed by atoms with Gasteiger partial charge in [-0.1, -0.05) is 18.2 Å². The van der Waals surface area contributed by atoms with Gasteiger partial charge in [0.05, 0.1) is 17.0 Å². The van der Waals surface area contributed by atoms with Gasteiger partial charge in [0.15, 0.2) is 0 Å². The van der Waals surface area contributed by atoms with Gasteiger partial charge in [-0.3, -0.25) is 24.7 Å². The van der Waals surface area contributed by atoms with Crippen LogP contribution >= 0.6 is 0 Å². The van der Waals surface area contributed by atoms with Crippen molar-refractivity contribution < 1.29 is 9.90 Å². The van der Waals surface area contributed by atoms with Gasteiger partial charge < -0.3 is 20.9 Å². The minimum absolute atomic E-state index is 0.176. The Hall–Kier alpha value is -3.72. The molecule has 0 bridgehead atoms. The molecule has 28 heavy (non-hydrogen) atoms. The predicted molar refractivity (Wildman–Crippen MR) is 103 cm³/mol. The summed E-state index contributed by atoms with van der Waals surface area (Å²) in [7, 11) is 0. The number of nitrogens with one attached hydrogen (secondary N) is 3. The minimum atomic E-state index is -1.06.